The summed E-state index contributed by atoms with van der Waals surface area (Å²) < 4.78 is 4.56. The van der Waals surface area contributed by atoms with Gasteiger partial charge in [-0.05, 0) is 19.8 Å². The number of hydrogen-bond acceptors (Lipinski definition) is 4. The number of hydrogen-bond donors (Lipinski definition) is 0. The summed E-state index contributed by atoms with van der Waals surface area (Å²) in [6.45, 7) is 5.80. The van der Waals surface area contributed by atoms with Gasteiger partial charge in [0.25, 0.3) is 0 Å². The topological polar surface area (TPSA) is 60.4 Å². The van der Waals surface area contributed by atoms with Crippen molar-refractivity contribution in [2.24, 2.45) is 5.92 Å². The molecule has 1 aliphatic carbocycles. The Kier molecular flexibility index (Phi) is 7.42. The van der Waals surface area contributed by atoms with Crippen LogP contribution in [-0.2, 0) is 19.1 Å². The Morgan fingerprint density at radius 2 is 1.94 bits per heavy atom. The van der Waals surface area contributed by atoms with Gasteiger partial charge in [-0.25, -0.2) is 4.79 Å². The van der Waals surface area contributed by atoms with Crippen LogP contribution in [0.15, 0.2) is 0 Å². The Labute approximate surface area is 96.4 Å². The number of ether oxygens (including phenoxy) is 1. The lowest BCUT2D eigenvalue weighted by atomic mass is 9.85. The minimum Gasteiger partial charge on any atom is -0.460 e. The van der Waals surface area contributed by atoms with Crippen molar-refractivity contribution in [3.63, 3.8) is 0 Å². The minimum absolute atomic E-state index is 0.116. The number of Topliss-reactive ketones (excluding diaryl/α,β-unsaturated/α-hetero) is 2. The second-order valence-electron chi connectivity index (χ2n) is 3.35. The number of carbonyl (C=O) groups excluding carboxylic acids is 3. The number of esters is 1. The molecular weight excluding hydrogens is 208 g/mol. The van der Waals surface area contributed by atoms with Crippen LogP contribution >= 0.6 is 0 Å². The highest BCUT2D eigenvalue weighted by Gasteiger charge is 2.33. The molecular formula is C12H20O4. The molecule has 0 aromatic heterocycles. The number of ketones is 2. The van der Waals surface area contributed by atoms with Crippen molar-refractivity contribution in [1.29, 1.82) is 0 Å². The minimum atomic E-state index is -0.868. The summed E-state index contributed by atoms with van der Waals surface area (Å²) in [5.41, 5.74) is 0. The first-order valence-electron chi connectivity index (χ1n) is 5.90. The maximum absolute atomic E-state index is 11.4. The second-order valence-corrected chi connectivity index (χ2v) is 3.35. The smallest absolute Gasteiger partial charge is 0.375 e. The Balaban J connectivity index is 0.00000106. The molecule has 4 heteroatoms. The van der Waals surface area contributed by atoms with Crippen molar-refractivity contribution < 1.29 is 19.1 Å². The molecule has 0 heterocycles. The van der Waals surface area contributed by atoms with Gasteiger partial charge in [0, 0.05) is 6.42 Å². The van der Waals surface area contributed by atoms with Gasteiger partial charge < -0.3 is 4.74 Å². The molecule has 0 aliphatic heterocycles. The van der Waals surface area contributed by atoms with Crippen molar-refractivity contribution in [2.45, 2.75) is 46.5 Å². The summed E-state index contributed by atoms with van der Waals surface area (Å²) in [5.74, 6) is -2.39. The highest BCUT2D eigenvalue weighted by Crippen LogP contribution is 2.21. The molecule has 1 rings (SSSR count). The van der Waals surface area contributed by atoms with E-state index in [0.29, 0.717) is 12.8 Å². The zero-order chi connectivity index (χ0) is 12.6. The molecule has 0 aromatic carbocycles. The molecule has 1 saturated carbocycles. The van der Waals surface area contributed by atoms with Crippen LogP contribution in [0.1, 0.15) is 46.5 Å². The predicted octanol–water partition coefficient (Wildman–Crippen LogP) is 1.90. The Morgan fingerprint density at radius 1 is 1.31 bits per heavy atom. The first kappa shape index (κ1) is 14.8. The fourth-order valence-corrected chi connectivity index (χ4v) is 1.60. The van der Waals surface area contributed by atoms with E-state index in [2.05, 4.69) is 4.74 Å². The largest absolute Gasteiger partial charge is 0.460 e. The highest BCUT2D eigenvalue weighted by atomic mass is 16.5. The molecule has 1 unspecified atom stereocenters. The third-order valence-corrected chi connectivity index (χ3v) is 2.35. The zero-order valence-corrected chi connectivity index (χ0v) is 10.2. The van der Waals surface area contributed by atoms with Gasteiger partial charge in [0.2, 0.25) is 5.78 Å². The van der Waals surface area contributed by atoms with Crippen LogP contribution in [0.3, 0.4) is 0 Å². The summed E-state index contributed by atoms with van der Waals surface area (Å²) in [4.78, 5) is 33.8. The quantitative estimate of drug-likeness (QED) is 0.420. The molecule has 0 saturated heterocycles. The molecule has 92 valence electrons. The molecule has 1 aliphatic rings. The van der Waals surface area contributed by atoms with Crippen LogP contribution < -0.4 is 0 Å². The lowest BCUT2D eigenvalue weighted by molar-refractivity contribution is -0.157. The van der Waals surface area contributed by atoms with Gasteiger partial charge in [-0.15, -0.1) is 0 Å². The van der Waals surface area contributed by atoms with E-state index >= 15 is 0 Å². The second kappa shape index (κ2) is 8.02. The van der Waals surface area contributed by atoms with E-state index in [-0.39, 0.29) is 12.4 Å². The fourth-order valence-electron chi connectivity index (χ4n) is 1.60. The lowest BCUT2D eigenvalue weighted by Gasteiger charge is -2.17. The van der Waals surface area contributed by atoms with E-state index in [1.54, 1.807) is 6.92 Å². The van der Waals surface area contributed by atoms with E-state index in [4.69, 9.17) is 0 Å². The first-order chi connectivity index (χ1) is 7.66. The van der Waals surface area contributed by atoms with Crippen molar-refractivity contribution in [1.82, 2.24) is 0 Å². The first-order valence-corrected chi connectivity index (χ1v) is 5.90. The highest BCUT2D eigenvalue weighted by molar-refractivity contribution is 6.38. The molecule has 16 heavy (non-hydrogen) atoms. The summed E-state index contributed by atoms with van der Waals surface area (Å²) >= 11 is 0. The van der Waals surface area contributed by atoms with E-state index in [1.165, 1.54) is 0 Å². The van der Waals surface area contributed by atoms with Crippen molar-refractivity contribution in [3.05, 3.63) is 0 Å². The van der Waals surface area contributed by atoms with Gasteiger partial charge in [0.15, 0.2) is 0 Å². The molecule has 0 spiro atoms. The van der Waals surface area contributed by atoms with Crippen LogP contribution in [0.4, 0.5) is 0 Å². The van der Waals surface area contributed by atoms with Gasteiger partial charge in [-0.1, -0.05) is 20.3 Å². The van der Waals surface area contributed by atoms with E-state index in [1.807, 2.05) is 13.8 Å². The maximum Gasteiger partial charge on any atom is 0.375 e. The molecule has 1 atom stereocenters. The molecule has 1 fully saturated rings. The third kappa shape index (κ3) is 4.13. The fraction of sp³-hybridized carbons (Fsp3) is 0.750. The van der Waals surface area contributed by atoms with Crippen LogP contribution in [0, 0.1) is 5.92 Å². The van der Waals surface area contributed by atoms with Crippen LogP contribution in [0.25, 0.3) is 0 Å². The molecule has 0 bridgehead atoms. The maximum atomic E-state index is 11.4. The number of carbonyl (C=O) groups is 3. The molecule has 0 N–H and O–H groups in total. The SMILES string of the molecule is CC.CCOC(=O)C(=O)C1CCCCC1=O. The predicted molar refractivity (Wildman–Crippen MR) is 60.0 cm³/mol. The summed E-state index contributed by atoms with van der Waals surface area (Å²) in [5, 5.41) is 0. The van der Waals surface area contributed by atoms with Crippen LogP contribution in [-0.4, -0.2) is 24.1 Å². The average molecular weight is 228 g/mol. The van der Waals surface area contributed by atoms with E-state index < -0.39 is 17.7 Å². The third-order valence-electron chi connectivity index (χ3n) is 2.35. The van der Waals surface area contributed by atoms with Gasteiger partial charge in [-0.3, -0.25) is 9.59 Å². The van der Waals surface area contributed by atoms with Crippen molar-refractivity contribution in [2.75, 3.05) is 6.61 Å². The van der Waals surface area contributed by atoms with E-state index in [0.717, 1.165) is 12.8 Å². The molecule has 0 aromatic rings. The standard InChI is InChI=1S/C10H14O4.C2H6/c1-2-14-10(13)9(12)7-5-3-4-6-8(7)11;1-2/h7H,2-6H2,1H3;1-2H3. The average Bonchev–Trinajstić information content (AvgIpc) is 2.32. The van der Waals surface area contributed by atoms with Gasteiger partial charge in [0.1, 0.15) is 5.78 Å². The lowest BCUT2D eigenvalue weighted by Crippen LogP contribution is -2.33. The Morgan fingerprint density at radius 3 is 2.44 bits per heavy atom. The molecule has 0 radical (unpaired) electrons. The summed E-state index contributed by atoms with van der Waals surface area (Å²) in [6.07, 6.45) is 2.57. The van der Waals surface area contributed by atoms with Crippen molar-refractivity contribution in [3.8, 4) is 0 Å². The Bertz CT molecular complexity index is 258. The summed E-state index contributed by atoms with van der Waals surface area (Å²) in [7, 11) is 0. The van der Waals surface area contributed by atoms with E-state index in [9.17, 15) is 14.4 Å². The summed E-state index contributed by atoms with van der Waals surface area (Å²) in [6, 6.07) is 0. The monoisotopic (exact) mass is 228 g/mol. The van der Waals surface area contributed by atoms with Crippen LogP contribution in [0.2, 0.25) is 0 Å². The van der Waals surface area contributed by atoms with Crippen LogP contribution in [0.5, 0.6) is 0 Å². The molecule has 0 amide bonds. The van der Waals surface area contributed by atoms with Crippen molar-refractivity contribution >= 4 is 17.5 Å². The van der Waals surface area contributed by atoms with Gasteiger partial charge in [-0.2, -0.15) is 0 Å². The Hall–Kier alpha value is -1.19. The van der Waals surface area contributed by atoms with Gasteiger partial charge >= 0.3 is 5.97 Å². The number of rotatable bonds is 3. The normalized spacial score (nSPS) is 19.4. The zero-order valence-electron chi connectivity index (χ0n) is 10.2. The van der Waals surface area contributed by atoms with Gasteiger partial charge in [0.05, 0.1) is 12.5 Å². The molecule has 4 nitrogen and oxygen atoms in total.